The van der Waals surface area contributed by atoms with Crippen LogP contribution in [-0.4, -0.2) is 11.7 Å². The van der Waals surface area contributed by atoms with Gasteiger partial charge in [0.05, 0.1) is 16.8 Å². The number of hydrogen-bond donors (Lipinski definition) is 2. The van der Waals surface area contributed by atoms with Gasteiger partial charge in [-0.15, -0.1) is 11.8 Å². The van der Waals surface area contributed by atoms with Crippen LogP contribution in [0.25, 0.3) is 5.57 Å². The molecule has 124 valence electrons. The Labute approximate surface area is 140 Å². The third kappa shape index (κ3) is 3.26. The van der Waals surface area contributed by atoms with Crippen molar-refractivity contribution >= 4 is 28.9 Å². The number of alkyl halides is 3. The van der Waals surface area contributed by atoms with Crippen LogP contribution in [0.3, 0.4) is 0 Å². The Bertz CT molecular complexity index is 831. The third-order valence-electron chi connectivity index (χ3n) is 3.57. The van der Waals surface area contributed by atoms with Crippen molar-refractivity contribution in [3.8, 4) is 0 Å². The highest BCUT2D eigenvalue weighted by Crippen LogP contribution is 2.37. The molecular weight excluding hydrogens is 337 g/mol. The van der Waals surface area contributed by atoms with Crippen LogP contribution in [0.15, 0.2) is 59.1 Å². The summed E-state index contributed by atoms with van der Waals surface area (Å²) < 4.78 is 38.8. The van der Waals surface area contributed by atoms with Crippen molar-refractivity contribution in [2.24, 2.45) is 5.73 Å². The number of primary amides is 1. The van der Waals surface area contributed by atoms with E-state index in [1.807, 2.05) is 24.3 Å². The standard InChI is InChI=1S/C17H13F3N2OS/c18-17(19,20)11-5-3-4-10(8-11)15(16(21)23)13-9-24-14-7-2-1-6-12(14)22-13/h1-8,22H,9H2,(H2,21,23). The molecule has 0 saturated carbocycles. The number of benzene rings is 2. The summed E-state index contributed by atoms with van der Waals surface area (Å²) in [6.45, 7) is 0. The normalized spacial score (nSPS) is 16.1. The first-order chi connectivity index (χ1) is 11.4. The fraction of sp³-hybridized carbons (Fsp3) is 0.118. The molecule has 0 atom stereocenters. The number of para-hydroxylation sites is 1. The fourth-order valence-corrected chi connectivity index (χ4v) is 3.46. The van der Waals surface area contributed by atoms with Crippen molar-refractivity contribution in [2.45, 2.75) is 11.1 Å². The molecule has 1 aliphatic rings. The Hall–Kier alpha value is -2.41. The molecule has 0 fully saturated rings. The van der Waals surface area contributed by atoms with Gasteiger partial charge < -0.3 is 11.1 Å². The molecule has 24 heavy (non-hydrogen) atoms. The van der Waals surface area contributed by atoms with E-state index in [1.54, 1.807) is 0 Å². The second-order valence-corrected chi connectivity index (χ2v) is 6.22. The minimum Gasteiger partial charge on any atom is -0.366 e. The molecule has 3 N–H and O–H groups in total. The molecule has 1 amide bonds. The number of thioether (sulfide) groups is 1. The first kappa shape index (κ1) is 16.4. The van der Waals surface area contributed by atoms with Crippen molar-refractivity contribution in [1.29, 1.82) is 0 Å². The Kier molecular flexibility index (Phi) is 4.28. The summed E-state index contributed by atoms with van der Waals surface area (Å²) in [7, 11) is 0. The number of carbonyl (C=O) groups is 1. The number of halogens is 3. The molecule has 2 aromatic rings. The molecule has 0 radical (unpaired) electrons. The van der Waals surface area contributed by atoms with Crippen molar-refractivity contribution in [2.75, 3.05) is 11.1 Å². The second kappa shape index (κ2) is 6.24. The van der Waals surface area contributed by atoms with Crippen LogP contribution in [-0.2, 0) is 11.0 Å². The van der Waals surface area contributed by atoms with Crippen LogP contribution in [0, 0.1) is 0 Å². The van der Waals surface area contributed by atoms with Gasteiger partial charge >= 0.3 is 6.18 Å². The smallest absolute Gasteiger partial charge is 0.366 e. The first-order valence-corrected chi connectivity index (χ1v) is 8.04. The van der Waals surface area contributed by atoms with E-state index in [0.29, 0.717) is 11.4 Å². The number of hydrogen-bond acceptors (Lipinski definition) is 3. The summed E-state index contributed by atoms with van der Waals surface area (Å²) in [6, 6.07) is 12.1. The lowest BCUT2D eigenvalue weighted by molar-refractivity contribution is -0.137. The predicted octanol–water partition coefficient (Wildman–Crippen LogP) is 4.12. The molecule has 0 spiro atoms. The third-order valence-corrected chi connectivity index (χ3v) is 4.67. The first-order valence-electron chi connectivity index (χ1n) is 7.05. The monoisotopic (exact) mass is 350 g/mol. The van der Waals surface area contributed by atoms with Gasteiger partial charge in [-0.1, -0.05) is 24.3 Å². The SMILES string of the molecule is NC(=O)C(=C1CSc2ccccc2N1)c1cccc(C(F)(F)F)c1. The number of fused-ring (bicyclic) bond motifs is 1. The maximum absolute atomic E-state index is 12.9. The molecule has 0 bridgehead atoms. The van der Waals surface area contributed by atoms with E-state index >= 15 is 0 Å². The number of nitrogens with two attached hydrogens (primary N) is 1. The lowest BCUT2D eigenvalue weighted by Gasteiger charge is -2.23. The zero-order valence-corrected chi connectivity index (χ0v) is 13.2. The van der Waals surface area contributed by atoms with Crippen molar-refractivity contribution in [3.63, 3.8) is 0 Å². The minimum absolute atomic E-state index is 0.0723. The molecule has 0 unspecified atom stereocenters. The number of carbonyl (C=O) groups excluding carboxylic acids is 1. The van der Waals surface area contributed by atoms with Crippen molar-refractivity contribution < 1.29 is 18.0 Å². The molecule has 1 aliphatic heterocycles. The highest BCUT2D eigenvalue weighted by atomic mass is 32.2. The van der Waals surface area contributed by atoms with E-state index in [4.69, 9.17) is 5.73 Å². The molecule has 0 aliphatic carbocycles. The molecular formula is C17H13F3N2OS. The zero-order chi connectivity index (χ0) is 17.3. The van der Waals surface area contributed by atoms with Gasteiger partial charge in [0.25, 0.3) is 5.91 Å². The average Bonchev–Trinajstić information content (AvgIpc) is 2.54. The summed E-state index contributed by atoms with van der Waals surface area (Å²) >= 11 is 1.50. The van der Waals surface area contributed by atoms with Gasteiger partial charge in [-0.2, -0.15) is 13.2 Å². The highest BCUT2D eigenvalue weighted by Gasteiger charge is 2.31. The Morgan fingerprint density at radius 1 is 1.12 bits per heavy atom. The van der Waals surface area contributed by atoms with E-state index in [0.717, 1.165) is 22.7 Å². The van der Waals surface area contributed by atoms with Gasteiger partial charge in [-0.25, -0.2) is 0 Å². The van der Waals surface area contributed by atoms with Crippen LogP contribution in [0.1, 0.15) is 11.1 Å². The fourth-order valence-electron chi connectivity index (χ4n) is 2.50. The number of rotatable bonds is 2. The molecule has 0 aromatic heterocycles. The van der Waals surface area contributed by atoms with Gasteiger partial charge in [0, 0.05) is 16.3 Å². The van der Waals surface area contributed by atoms with Crippen LogP contribution < -0.4 is 11.1 Å². The summed E-state index contributed by atoms with van der Waals surface area (Å²) in [5.74, 6) is -0.345. The Morgan fingerprint density at radius 2 is 1.88 bits per heavy atom. The van der Waals surface area contributed by atoms with Gasteiger partial charge in [0.15, 0.2) is 0 Å². The molecule has 0 saturated heterocycles. The number of amides is 1. The van der Waals surface area contributed by atoms with Crippen molar-refractivity contribution in [1.82, 2.24) is 0 Å². The quantitative estimate of drug-likeness (QED) is 0.801. The maximum Gasteiger partial charge on any atom is 0.416 e. The lowest BCUT2D eigenvalue weighted by atomic mass is 10.0. The summed E-state index contributed by atoms with van der Waals surface area (Å²) in [4.78, 5) is 12.9. The van der Waals surface area contributed by atoms with E-state index in [1.165, 1.54) is 23.9 Å². The van der Waals surface area contributed by atoms with Gasteiger partial charge in [0.2, 0.25) is 0 Å². The second-order valence-electron chi connectivity index (χ2n) is 5.21. The predicted molar refractivity (Wildman–Crippen MR) is 88.3 cm³/mol. The maximum atomic E-state index is 12.9. The van der Waals surface area contributed by atoms with Gasteiger partial charge in [0.1, 0.15) is 0 Å². The molecule has 3 rings (SSSR count). The number of anilines is 1. The molecule has 7 heteroatoms. The van der Waals surface area contributed by atoms with E-state index in [9.17, 15) is 18.0 Å². The van der Waals surface area contributed by atoms with E-state index in [-0.39, 0.29) is 11.1 Å². The Morgan fingerprint density at radius 3 is 2.58 bits per heavy atom. The number of nitrogens with one attached hydrogen (secondary N) is 1. The van der Waals surface area contributed by atoms with Crippen molar-refractivity contribution in [3.05, 3.63) is 65.4 Å². The van der Waals surface area contributed by atoms with Crippen LogP contribution in [0.2, 0.25) is 0 Å². The van der Waals surface area contributed by atoms with Gasteiger partial charge in [-0.3, -0.25) is 4.79 Å². The van der Waals surface area contributed by atoms with E-state index < -0.39 is 17.6 Å². The summed E-state index contributed by atoms with van der Waals surface area (Å²) in [5.41, 5.74) is 6.17. The lowest BCUT2D eigenvalue weighted by Crippen LogP contribution is -2.21. The van der Waals surface area contributed by atoms with Crippen LogP contribution >= 0.6 is 11.8 Å². The van der Waals surface area contributed by atoms with Gasteiger partial charge in [-0.05, 0) is 29.8 Å². The molecule has 1 heterocycles. The minimum atomic E-state index is -4.48. The van der Waals surface area contributed by atoms with Crippen LogP contribution in [0.4, 0.5) is 18.9 Å². The summed E-state index contributed by atoms with van der Waals surface area (Å²) in [6.07, 6.45) is -4.48. The topological polar surface area (TPSA) is 55.1 Å². The zero-order valence-electron chi connectivity index (χ0n) is 12.4. The average molecular weight is 350 g/mol. The largest absolute Gasteiger partial charge is 0.416 e. The highest BCUT2D eigenvalue weighted by molar-refractivity contribution is 7.99. The van der Waals surface area contributed by atoms with Crippen LogP contribution in [0.5, 0.6) is 0 Å². The molecule has 3 nitrogen and oxygen atoms in total. The van der Waals surface area contributed by atoms with E-state index in [2.05, 4.69) is 5.32 Å². The molecule has 2 aromatic carbocycles. The summed E-state index contributed by atoms with van der Waals surface area (Å²) in [5, 5.41) is 3.11. The Balaban J connectivity index is 2.07.